The van der Waals surface area contributed by atoms with E-state index in [1.165, 1.54) is 11.8 Å². The Morgan fingerprint density at radius 3 is 2.38 bits per heavy atom. The van der Waals surface area contributed by atoms with Gasteiger partial charge in [-0.15, -0.1) is 5.10 Å². The van der Waals surface area contributed by atoms with E-state index in [-0.39, 0.29) is 44.2 Å². The molecule has 55 heavy (non-hydrogen) atoms. The Morgan fingerprint density at radius 1 is 0.909 bits per heavy atom. The van der Waals surface area contributed by atoms with E-state index in [1.807, 2.05) is 103 Å². The fourth-order valence-electron chi connectivity index (χ4n) is 6.91. The predicted octanol–water partition coefficient (Wildman–Crippen LogP) is 6.57. The molecule has 5 atom stereocenters. The molecular formula is C40H39F3N6O5S. The highest BCUT2D eigenvalue weighted by Crippen LogP contribution is 2.43. The lowest BCUT2D eigenvalue weighted by molar-refractivity contribution is -0.268. The fraction of sp³-hybridized carbons (Fsp3) is 0.325. The van der Waals surface area contributed by atoms with Gasteiger partial charge in [0.25, 0.3) is 0 Å². The van der Waals surface area contributed by atoms with Crippen molar-refractivity contribution in [1.29, 1.82) is 0 Å². The number of aliphatic hydroxyl groups is 1. The van der Waals surface area contributed by atoms with Crippen LogP contribution in [0.2, 0.25) is 0 Å². The first kappa shape index (κ1) is 38.2. The molecule has 11 nitrogen and oxygen atoms in total. The van der Waals surface area contributed by atoms with Crippen molar-refractivity contribution in [3.05, 3.63) is 125 Å². The number of amides is 2. The second-order valence-electron chi connectivity index (χ2n) is 13.5. The van der Waals surface area contributed by atoms with Crippen LogP contribution >= 0.6 is 11.8 Å². The molecule has 7 rings (SSSR count). The molecule has 0 radical (unpaired) electrons. The molecule has 2 amide bonds. The van der Waals surface area contributed by atoms with Gasteiger partial charge in [-0.3, -0.25) is 9.59 Å². The highest BCUT2D eigenvalue weighted by molar-refractivity contribution is 7.99. The zero-order valence-corrected chi connectivity index (χ0v) is 30.6. The van der Waals surface area contributed by atoms with Crippen molar-refractivity contribution in [2.24, 2.45) is 5.92 Å². The molecule has 15 heteroatoms. The topological polar surface area (TPSA) is 132 Å². The number of para-hydroxylation sites is 1. The minimum Gasteiger partial charge on any atom is -0.392 e. The molecule has 0 spiro atoms. The number of hydrogen-bond donors (Lipinski definition) is 2. The van der Waals surface area contributed by atoms with Gasteiger partial charge >= 0.3 is 12.1 Å². The van der Waals surface area contributed by atoms with E-state index in [1.54, 1.807) is 4.68 Å². The highest BCUT2D eigenvalue weighted by atomic mass is 32.2. The van der Waals surface area contributed by atoms with Gasteiger partial charge in [0.1, 0.15) is 6.04 Å². The van der Waals surface area contributed by atoms with E-state index in [9.17, 15) is 27.9 Å². The molecule has 0 saturated carbocycles. The first-order valence-electron chi connectivity index (χ1n) is 17.9. The highest BCUT2D eigenvalue weighted by Gasteiger charge is 2.47. The molecule has 4 aromatic carbocycles. The van der Waals surface area contributed by atoms with E-state index < -0.39 is 30.3 Å². The van der Waals surface area contributed by atoms with Crippen molar-refractivity contribution in [1.82, 2.24) is 30.4 Å². The molecule has 3 heterocycles. The maximum atomic E-state index is 13.1. The van der Waals surface area contributed by atoms with Crippen molar-refractivity contribution < 1.29 is 37.3 Å². The van der Waals surface area contributed by atoms with Crippen LogP contribution < -0.4 is 5.32 Å². The smallest absolute Gasteiger partial charge is 0.392 e. The zero-order chi connectivity index (χ0) is 38.5. The summed E-state index contributed by atoms with van der Waals surface area (Å²) >= 11 is 1.50. The maximum absolute atomic E-state index is 13.1. The summed E-state index contributed by atoms with van der Waals surface area (Å²) in [6.45, 7) is 2.02. The van der Waals surface area contributed by atoms with Crippen LogP contribution in [0, 0.1) is 5.92 Å². The van der Waals surface area contributed by atoms with Gasteiger partial charge in [0.15, 0.2) is 6.29 Å². The van der Waals surface area contributed by atoms with Crippen molar-refractivity contribution in [3.8, 4) is 16.8 Å². The number of benzene rings is 4. The van der Waals surface area contributed by atoms with E-state index in [0.717, 1.165) is 39.1 Å². The van der Waals surface area contributed by atoms with E-state index >= 15 is 0 Å². The van der Waals surface area contributed by atoms with Crippen LogP contribution in [0.15, 0.2) is 108 Å². The summed E-state index contributed by atoms with van der Waals surface area (Å²) in [5.74, 6) is -2.09. The number of nitrogens with zero attached hydrogens (tertiary/aromatic N) is 5. The minimum atomic E-state index is -5.03. The quantitative estimate of drug-likeness (QED) is 0.143. The monoisotopic (exact) mass is 772 g/mol. The van der Waals surface area contributed by atoms with Crippen LogP contribution in [-0.2, 0) is 32.2 Å². The molecular weight excluding hydrogens is 734 g/mol. The molecule has 2 N–H and O–H groups in total. The van der Waals surface area contributed by atoms with Gasteiger partial charge in [-0.25, -0.2) is 0 Å². The average molecular weight is 773 g/mol. The second-order valence-corrected chi connectivity index (χ2v) is 14.5. The Labute approximate surface area is 319 Å². The number of carbonyl (C=O) groups is 2. The molecule has 0 aliphatic carbocycles. The third kappa shape index (κ3) is 8.75. The number of rotatable bonds is 11. The van der Waals surface area contributed by atoms with Crippen molar-refractivity contribution in [2.75, 3.05) is 12.3 Å². The van der Waals surface area contributed by atoms with Crippen LogP contribution in [0.3, 0.4) is 0 Å². The van der Waals surface area contributed by atoms with Gasteiger partial charge in [-0.05, 0) is 69.3 Å². The Kier molecular flexibility index (Phi) is 11.6. The minimum absolute atomic E-state index is 0.0471. The van der Waals surface area contributed by atoms with Crippen molar-refractivity contribution in [2.45, 2.75) is 68.8 Å². The molecule has 0 unspecified atom stereocenters. The lowest BCUT2D eigenvalue weighted by Crippen LogP contribution is -2.50. The van der Waals surface area contributed by atoms with Crippen LogP contribution in [0.25, 0.3) is 16.8 Å². The van der Waals surface area contributed by atoms with Gasteiger partial charge in [0.2, 0.25) is 11.1 Å². The summed E-state index contributed by atoms with van der Waals surface area (Å²) < 4.78 is 54.2. The van der Waals surface area contributed by atoms with Gasteiger partial charge < -0.3 is 24.8 Å². The number of carbonyl (C=O) groups excluding carboxylic acids is 2. The fourth-order valence-corrected chi connectivity index (χ4v) is 7.97. The zero-order valence-electron chi connectivity index (χ0n) is 29.8. The summed E-state index contributed by atoms with van der Waals surface area (Å²) in [5.41, 5.74) is 5.96. The molecule has 0 bridgehead atoms. The first-order chi connectivity index (χ1) is 26.6. The number of likely N-dealkylation sites (tertiary alicyclic amines) is 1. The molecule has 2 aliphatic heterocycles. The van der Waals surface area contributed by atoms with Crippen molar-refractivity contribution >= 4 is 23.6 Å². The summed E-state index contributed by atoms with van der Waals surface area (Å²) in [7, 11) is 0. The summed E-state index contributed by atoms with van der Waals surface area (Å²) in [4.78, 5) is 25.3. The number of halogens is 3. The number of tetrazole rings is 1. The number of aliphatic hydroxyl groups excluding tert-OH is 1. The van der Waals surface area contributed by atoms with E-state index in [4.69, 9.17) is 9.47 Å². The average Bonchev–Trinajstić information content (AvgIpc) is 3.90. The number of hydrogen-bond acceptors (Lipinski definition) is 9. The third-order valence-corrected chi connectivity index (χ3v) is 10.9. The second kappa shape index (κ2) is 16.7. The normalized spacial score (nSPS) is 21.4. The number of nitrogens with one attached hydrogen (secondary N) is 1. The van der Waals surface area contributed by atoms with Crippen molar-refractivity contribution in [3.63, 3.8) is 0 Å². The van der Waals surface area contributed by atoms with Crippen LogP contribution in [0.1, 0.15) is 54.4 Å². The summed E-state index contributed by atoms with van der Waals surface area (Å²) in [5, 5.41) is 25.3. The van der Waals surface area contributed by atoms with Gasteiger partial charge in [-0.2, -0.15) is 17.9 Å². The Hall–Kier alpha value is -5.09. The van der Waals surface area contributed by atoms with Crippen LogP contribution in [0.5, 0.6) is 0 Å². The first-order valence-corrected chi connectivity index (χ1v) is 18.9. The van der Waals surface area contributed by atoms with Crippen LogP contribution in [0.4, 0.5) is 13.2 Å². The Morgan fingerprint density at radius 2 is 1.65 bits per heavy atom. The van der Waals surface area contributed by atoms with Gasteiger partial charge in [0.05, 0.1) is 24.5 Å². The Bertz CT molecular complexity index is 2080. The standard InChI is InChI=1S/C40H39F3N6O5S/c1-25-34(24-55-39-45-46-47-49(39)32-9-3-2-4-10-32)53-37(54-35(25)29-14-12-26(23-50)13-15-29)30-18-16-28(17-19-30)31-8-5-7-27(21-31)22-44-36(51)33-11-6-20-48(33)38(52)40(41,42)43/h2-5,7-10,12-19,21,25,33-35,37,50H,6,11,20,22-24H2,1H3,(H,44,51)/t25-,33-,34+,35+,37+/m0/s1. The largest absolute Gasteiger partial charge is 0.471 e. The number of aromatic nitrogens is 4. The lowest BCUT2D eigenvalue weighted by Gasteiger charge is -2.41. The van der Waals surface area contributed by atoms with Gasteiger partial charge in [0, 0.05) is 30.3 Å². The van der Waals surface area contributed by atoms with E-state index in [0.29, 0.717) is 22.2 Å². The molecule has 286 valence electrons. The van der Waals surface area contributed by atoms with Crippen LogP contribution in [-0.4, -0.2) is 72.6 Å². The SMILES string of the molecule is C[C@H]1[C@@H](CSc2nnnn2-c2ccccc2)O[C@@H](c2ccc(-c3cccc(CNC(=O)[C@@H]4CCCN4C(=O)C(F)(F)F)c3)cc2)O[C@H]1c1ccc(CO)cc1. The molecule has 2 fully saturated rings. The van der Waals surface area contributed by atoms with E-state index in [2.05, 4.69) is 27.8 Å². The molecule has 2 aliphatic rings. The number of alkyl halides is 3. The predicted molar refractivity (Wildman–Crippen MR) is 197 cm³/mol. The maximum Gasteiger partial charge on any atom is 0.471 e. The lowest BCUT2D eigenvalue weighted by atomic mass is 9.91. The summed E-state index contributed by atoms with van der Waals surface area (Å²) in [6, 6.07) is 31.5. The molecule has 5 aromatic rings. The summed E-state index contributed by atoms with van der Waals surface area (Å²) in [6.07, 6.45) is -5.77. The molecule has 1 aromatic heterocycles. The van der Waals surface area contributed by atoms with Gasteiger partial charge in [-0.1, -0.05) is 104 Å². The Balaban J connectivity index is 1.05. The number of thioether (sulfide) groups is 1. The third-order valence-electron chi connectivity index (χ3n) is 9.91. The molecule has 2 saturated heterocycles. The number of ether oxygens (including phenoxy) is 2.